The van der Waals surface area contributed by atoms with Crippen LogP contribution in [0.1, 0.15) is 30.3 Å². The van der Waals surface area contributed by atoms with Gasteiger partial charge in [0.25, 0.3) is 5.91 Å². The number of hydrogen-bond donors (Lipinski definition) is 3. The van der Waals surface area contributed by atoms with E-state index in [-0.39, 0.29) is 23.6 Å². The molecule has 1 fully saturated rings. The fourth-order valence-electron chi connectivity index (χ4n) is 2.65. The van der Waals surface area contributed by atoms with E-state index in [2.05, 4.69) is 25.9 Å². The summed E-state index contributed by atoms with van der Waals surface area (Å²) in [6, 6.07) is 8.71. The van der Waals surface area contributed by atoms with E-state index in [1.54, 1.807) is 24.3 Å². The van der Waals surface area contributed by atoms with Crippen LogP contribution in [-0.2, 0) is 9.53 Å². The lowest BCUT2D eigenvalue weighted by Crippen LogP contribution is -2.32. The van der Waals surface area contributed by atoms with Crippen LogP contribution in [0.15, 0.2) is 36.5 Å². The first-order chi connectivity index (χ1) is 12.6. The topological polar surface area (TPSA) is 105 Å². The van der Waals surface area contributed by atoms with Crippen LogP contribution in [0, 0.1) is 0 Å². The molecule has 2 heterocycles. The Kier molecular flexibility index (Phi) is 5.75. The molecule has 2 amide bonds. The molecule has 1 aromatic carbocycles. The van der Waals surface area contributed by atoms with Crippen LogP contribution in [0.25, 0.3) is 0 Å². The molecule has 1 unspecified atom stereocenters. The van der Waals surface area contributed by atoms with Crippen LogP contribution in [0.4, 0.5) is 17.3 Å². The highest BCUT2D eigenvalue weighted by Crippen LogP contribution is 2.18. The van der Waals surface area contributed by atoms with E-state index >= 15 is 0 Å². The second kappa shape index (κ2) is 8.39. The third-order valence-electron chi connectivity index (χ3n) is 3.84. The van der Waals surface area contributed by atoms with Crippen molar-refractivity contribution < 1.29 is 14.3 Å². The lowest BCUT2D eigenvalue weighted by Gasteiger charge is -2.11. The fourth-order valence-corrected chi connectivity index (χ4v) is 2.65. The Labute approximate surface area is 151 Å². The lowest BCUT2D eigenvalue weighted by atomic mass is 10.2. The Hall–Kier alpha value is -3.00. The maximum Gasteiger partial charge on any atom is 0.270 e. The summed E-state index contributed by atoms with van der Waals surface area (Å²) in [6.07, 6.45) is 3.59. The van der Waals surface area contributed by atoms with Gasteiger partial charge in [0.2, 0.25) is 11.9 Å². The van der Waals surface area contributed by atoms with Gasteiger partial charge < -0.3 is 20.7 Å². The zero-order chi connectivity index (χ0) is 18.4. The minimum atomic E-state index is -0.266. The normalized spacial score (nSPS) is 16.1. The lowest BCUT2D eigenvalue weighted by molar-refractivity contribution is -0.114. The summed E-state index contributed by atoms with van der Waals surface area (Å²) in [4.78, 5) is 31.8. The molecule has 0 aliphatic carbocycles. The number of ether oxygens (including phenoxy) is 1. The van der Waals surface area contributed by atoms with Crippen LogP contribution in [0.5, 0.6) is 0 Å². The second-order valence-corrected chi connectivity index (χ2v) is 6.00. The summed E-state index contributed by atoms with van der Waals surface area (Å²) in [6.45, 7) is 2.67. The number of hydrogen-bond acceptors (Lipinski definition) is 6. The highest BCUT2D eigenvalue weighted by molar-refractivity contribution is 5.92. The van der Waals surface area contributed by atoms with E-state index in [4.69, 9.17) is 4.74 Å². The first-order valence-electron chi connectivity index (χ1n) is 8.48. The average Bonchev–Trinajstić information content (AvgIpc) is 3.13. The van der Waals surface area contributed by atoms with Gasteiger partial charge in [0, 0.05) is 37.6 Å². The summed E-state index contributed by atoms with van der Waals surface area (Å²) in [5, 5.41) is 8.57. The third-order valence-corrected chi connectivity index (χ3v) is 3.84. The van der Waals surface area contributed by atoms with Crippen molar-refractivity contribution in [2.75, 3.05) is 23.8 Å². The molecular weight excluding hydrogens is 334 g/mol. The van der Waals surface area contributed by atoms with Crippen molar-refractivity contribution in [3.63, 3.8) is 0 Å². The van der Waals surface area contributed by atoms with Gasteiger partial charge in [-0.15, -0.1) is 0 Å². The van der Waals surface area contributed by atoms with Crippen LogP contribution in [-0.4, -0.2) is 41.0 Å². The van der Waals surface area contributed by atoms with Gasteiger partial charge in [-0.3, -0.25) is 9.59 Å². The fraction of sp³-hybridized carbons (Fsp3) is 0.333. The van der Waals surface area contributed by atoms with Crippen LogP contribution in [0.2, 0.25) is 0 Å². The first kappa shape index (κ1) is 17.8. The number of amides is 2. The van der Waals surface area contributed by atoms with Gasteiger partial charge in [-0.2, -0.15) is 0 Å². The van der Waals surface area contributed by atoms with E-state index in [0.29, 0.717) is 23.9 Å². The largest absolute Gasteiger partial charge is 0.376 e. The van der Waals surface area contributed by atoms with Gasteiger partial charge in [0.1, 0.15) is 5.69 Å². The molecule has 136 valence electrons. The number of nitrogens with zero attached hydrogens (tertiary/aromatic N) is 2. The van der Waals surface area contributed by atoms with E-state index < -0.39 is 0 Å². The van der Waals surface area contributed by atoms with Gasteiger partial charge in [-0.25, -0.2) is 9.97 Å². The average molecular weight is 355 g/mol. The Morgan fingerprint density at radius 3 is 2.88 bits per heavy atom. The summed E-state index contributed by atoms with van der Waals surface area (Å²) >= 11 is 0. The zero-order valence-corrected chi connectivity index (χ0v) is 14.5. The van der Waals surface area contributed by atoms with E-state index in [9.17, 15) is 9.59 Å². The molecule has 0 spiro atoms. The SMILES string of the molecule is CC(=O)Nc1cccc(Nc2nccc(C(=O)NCC3CCCO3)n2)c1. The molecule has 0 bridgehead atoms. The van der Waals surface area contributed by atoms with Crippen LogP contribution in [0.3, 0.4) is 0 Å². The maximum atomic E-state index is 12.2. The molecule has 26 heavy (non-hydrogen) atoms. The molecule has 2 aromatic rings. The van der Waals surface area contributed by atoms with Crippen LogP contribution < -0.4 is 16.0 Å². The number of rotatable bonds is 6. The minimum Gasteiger partial charge on any atom is -0.376 e. The monoisotopic (exact) mass is 355 g/mol. The smallest absolute Gasteiger partial charge is 0.270 e. The maximum absolute atomic E-state index is 12.2. The van der Waals surface area contributed by atoms with Crippen molar-refractivity contribution in [1.82, 2.24) is 15.3 Å². The highest BCUT2D eigenvalue weighted by Gasteiger charge is 2.17. The van der Waals surface area contributed by atoms with Gasteiger partial charge in [0.05, 0.1) is 6.10 Å². The summed E-state index contributed by atoms with van der Waals surface area (Å²) < 4.78 is 5.49. The second-order valence-electron chi connectivity index (χ2n) is 6.00. The molecule has 3 N–H and O–H groups in total. The number of anilines is 3. The van der Waals surface area contributed by atoms with Crippen molar-refractivity contribution in [3.05, 3.63) is 42.2 Å². The number of nitrogens with one attached hydrogen (secondary N) is 3. The Morgan fingerprint density at radius 1 is 1.27 bits per heavy atom. The van der Waals surface area contributed by atoms with Crippen molar-refractivity contribution in [3.8, 4) is 0 Å². The van der Waals surface area contributed by atoms with E-state index in [1.807, 2.05) is 6.07 Å². The van der Waals surface area contributed by atoms with E-state index in [1.165, 1.54) is 13.1 Å². The van der Waals surface area contributed by atoms with E-state index in [0.717, 1.165) is 19.4 Å². The summed E-state index contributed by atoms with van der Waals surface area (Å²) in [7, 11) is 0. The van der Waals surface area contributed by atoms with Crippen molar-refractivity contribution in [2.45, 2.75) is 25.9 Å². The molecule has 8 heteroatoms. The molecule has 3 rings (SSSR count). The third kappa shape index (κ3) is 5.00. The number of aromatic nitrogens is 2. The Balaban J connectivity index is 1.63. The Bertz CT molecular complexity index is 790. The van der Waals surface area contributed by atoms with Gasteiger partial charge in [-0.05, 0) is 37.1 Å². The molecular formula is C18H21N5O3. The van der Waals surface area contributed by atoms with Crippen LogP contribution >= 0.6 is 0 Å². The van der Waals surface area contributed by atoms with Crippen molar-refractivity contribution in [1.29, 1.82) is 0 Å². The molecule has 1 saturated heterocycles. The molecule has 1 atom stereocenters. The predicted molar refractivity (Wildman–Crippen MR) is 97.4 cm³/mol. The molecule has 8 nitrogen and oxygen atoms in total. The number of carbonyl (C=O) groups excluding carboxylic acids is 2. The standard InChI is InChI=1S/C18H21N5O3/c1-12(24)21-13-4-2-5-14(10-13)22-18-19-8-7-16(23-18)17(25)20-11-15-6-3-9-26-15/h2,4-5,7-8,10,15H,3,6,9,11H2,1H3,(H,20,25)(H,21,24)(H,19,22,23). The highest BCUT2D eigenvalue weighted by atomic mass is 16.5. The molecule has 0 radical (unpaired) electrons. The quantitative estimate of drug-likeness (QED) is 0.733. The molecule has 1 aliphatic heterocycles. The summed E-state index contributed by atoms with van der Waals surface area (Å²) in [5.74, 6) is -0.115. The summed E-state index contributed by atoms with van der Waals surface area (Å²) in [5.41, 5.74) is 1.64. The van der Waals surface area contributed by atoms with Crippen molar-refractivity contribution >= 4 is 29.1 Å². The minimum absolute atomic E-state index is 0.0786. The molecule has 1 aliphatic rings. The van der Waals surface area contributed by atoms with Gasteiger partial charge >= 0.3 is 0 Å². The predicted octanol–water partition coefficient (Wildman–Crippen LogP) is 2.09. The Morgan fingerprint density at radius 2 is 2.12 bits per heavy atom. The molecule has 0 saturated carbocycles. The van der Waals surface area contributed by atoms with Gasteiger partial charge in [0.15, 0.2) is 0 Å². The van der Waals surface area contributed by atoms with Gasteiger partial charge in [-0.1, -0.05) is 6.07 Å². The number of benzene rings is 1. The first-order valence-corrected chi connectivity index (χ1v) is 8.48. The van der Waals surface area contributed by atoms with Crippen molar-refractivity contribution in [2.24, 2.45) is 0 Å². The molecule has 1 aromatic heterocycles. The number of carbonyl (C=O) groups is 2. The zero-order valence-electron chi connectivity index (χ0n) is 14.5.